The third kappa shape index (κ3) is 3.27. The van der Waals surface area contributed by atoms with Crippen LogP contribution in [0, 0.1) is 0 Å². The molecule has 6 nitrogen and oxygen atoms in total. The zero-order chi connectivity index (χ0) is 17.1. The van der Waals surface area contributed by atoms with E-state index < -0.39 is 0 Å². The topological polar surface area (TPSA) is 63.9 Å². The maximum absolute atomic E-state index is 12.9. The van der Waals surface area contributed by atoms with Crippen LogP contribution in [0.3, 0.4) is 0 Å². The van der Waals surface area contributed by atoms with Gasteiger partial charge in [0.05, 0.1) is 6.20 Å². The number of pyridine rings is 2. The lowest BCUT2D eigenvalue weighted by molar-refractivity contribution is 0.0684. The van der Waals surface area contributed by atoms with Gasteiger partial charge in [-0.15, -0.1) is 0 Å². The van der Waals surface area contributed by atoms with Crippen LogP contribution in [0.4, 0.5) is 0 Å². The first-order valence-corrected chi connectivity index (χ1v) is 8.12. The molecule has 0 saturated carbocycles. The van der Waals surface area contributed by atoms with E-state index >= 15 is 0 Å². The molecule has 0 bridgehead atoms. The molecule has 0 N–H and O–H groups in total. The van der Waals surface area contributed by atoms with E-state index in [1.165, 1.54) is 0 Å². The SMILES string of the molecule is CCn1cc(CN(C(=O)c2ccc3cccnc3n2)C(C)C)cn1. The number of nitrogens with zero attached hydrogens (tertiary/aromatic N) is 5. The predicted octanol–water partition coefficient (Wildman–Crippen LogP) is 2.90. The molecule has 0 aliphatic carbocycles. The fourth-order valence-electron chi connectivity index (χ4n) is 2.57. The van der Waals surface area contributed by atoms with E-state index in [0.717, 1.165) is 17.5 Å². The lowest BCUT2D eigenvalue weighted by Crippen LogP contribution is -2.36. The molecule has 0 unspecified atom stereocenters. The number of rotatable bonds is 5. The summed E-state index contributed by atoms with van der Waals surface area (Å²) in [7, 11) is 0. The van der Waals surface area contributed by atoms with Crippen LogP contribution in [0.1, 0.15) is 36.8 Å². The van der Waals surface area contributed by atoms with Crippen molar-refractivity contribution in [3.63, 3.8) is 0 Å². The Balaban J connectivity index is 1.87. The Labute approximate surface area is 141 Å². The minimum Gasteiger partial charge on any atom is -0.330 e. The quantitative estimate of drug-likeness (QED) is 0.724. The highest BCUT2D eigenvalue weighted by molar-refractivity contribution is 5.94. The first-order chi connectivity index (χ1) is 11.6. The molecular weight excluding hydrogens is 302 g/mol. The predicted molar refractivity (Wildman–Crippen MR) is 92.4 cm³/mol. The molecule has 3 aromatic heterocycles. The minimum atomic E-state index is -0.0956. The Hall–Kier alpha value is -2.76. The van der Waals surface area contributed by atoms with Crippen molar-refractivity contribution >= 4 is 16.9 Å². The molecule has 24 heavy (non-hydrogen) atoms. The maximum Gasteiger partial charge on any atom is 0.273 e. The molecule has 0 aliphatic heterocycles. The monoisotopic (exact) mass is 323 g/mol. The van der Waals surface area contributed by atoms with Crippen LogP contribution < -0.4 is 0 Å². The molecule has 0 atom stereocenters. The third-order valence-corrected chi connectivity index (χ3v) is 3.93. The number of amides is 1. The van der Waals surface area contributed by atoms with Crippen LogP contribution in [-0.2, 0) is 13.1 Å². The van der Waals surface area contributed by atoms with Gasteiger partial charge in [0, 0.05) is 42.5 Å². The normalized spacial score (nSPS) is 11.2. The highest BCUT2D eigenvalue weighted by Gasteiger charge is 2.21. The zero-order valence-electron chi connectivity index (χ0n) is 14.2. The molecule has 1 amide bonds. The second kappa shape index (κ2) is 6.78. The van der Waals surface area contributed by atoms with Gasteiger partial charge in [-0.3, -0.25) is 9.48 Å². The molecule has 124 valence electrons. The van der Waals surface area contributed by atoms with Crippen molar-refractivity contribution in [2.75, 3.05) is 0 Å². The van der Waals surface area contributed by atoms with Gasteiger partial charge in [-0.1, -0.05) is 0 Å². The van der Waals surface area contributed by atoms with Gasteiger partial charge in [0.15, 0.2) is 5.65 Å². The Kier molecular flexibility index (Phi) is 4.55. The van der Waals surface area contributed by atoms with Crippen molar-refractivity contribution in [3.05, 3.63) is 54.1 Å². The van der Waals surface area contributed by atoms with Gasteiger partial charge in [-0.2, -0.15) is 5.10 Å². The first kappa shape index (κ1) is 16.1. The van der Waals surface area contributed by atoms with E-state index in [4.69, 9.17) is 0 Å². The number of carbonyl (C=O) groups excluding carboxylic acids is 1. The number of hydrogen-bond acceptors (Lipinski definition) is 4. The number of hydrogen-bond donors (Lipinski definition) is 0. The number of fused-ring (bicyclic) bond motifs is 1. The number of carbonyl (C=O) groups is 1. The molecule has 0 spiro atoms. The smallest absolute Gasteiger partial charge is 0.273 e. The molecular formula is C18H21N5O. The minimum absolute atomic E-state index is 0.0590. The van der Waals surface area contributed by atoms with Crippen molar-refractivity contribution < 1.29 is 4.79 Å². The van der Waals surface area contributed by atoms with Gasteiger partial charge in [0.25, 0.3) is 5.91 Å². The van der Waals surface area contributed by atoms with Crippen molar-refractivity contribution in [2.24, 2.45) is 0 Å². The van der Waals surface area contributed by atoms with E-state index in [-0.39, 0.29) is 11.9 Å². The number of aromatic nitrogens is 4. The molecule has 3 heterocycles. The van der Waals surface area contributed by atoms with Crippen molar-refractivity contribution in [1.29, 1.82) is 0 Å². The lowest BCUT2D eigenvalue weighted by atomic mass is 10.2. The summed E-state index contributed by atoms with van der Waals surface area (Å²) in [5.74, 6) is -0.0956. The van der Waals surface area contributed by atoms with E-state index in [2.05, 4.69) is 15.1 Å². The zero-order valence-corrected chi connectivity index (χ0v) is 14.2. The summed E-state index contributed by atoms with van der Waals surface area (Å²) >= 11 is 0. The summed E-state index contributed by atoms with van der Waals surface area (Å²) in [6, 6.07) is 7.50. The van der Waals surface area contributed by atoms with Gasteiger partial charge < -0.3 is 4.90 Å². The van der Waals surface area contributed by atoms with Crippen molar-refractivity contribution in [3.8, 4) is 0 Å². The van der Waals surface area contributed by atoms with Gasteiger partial charge in [-0.25, -0.2) is 9.97 Å². The molecule has 3 rings (SSSR count). The summed E-state index contributed by atoms with van der Waals surface area (Å²) in [6.45, 7) is 7.36. The molecule has 6 heteroatoms. The molecule has 3 aromatic rings. The summed E-state index contributed by atoms with van der Waals surface area (Å²) in [5, 5.41) is 5.20. The standard InChI is InChI=1S/C18H21N5O/c1-4-22-11-14(10-20-22)12-23(13(2)3)18(24)16-8-7-15-6-5-9-19-17(15)21-16/h5-11,13H,4,12H2,1-3H3. The number of aryl methyl sites for hydroxylation is 1. The average Bonchev–Trinajstić information content (AvgIpc) is 3.06. The van der Waals surface area contributed by atoms with Crippen LogP contribution in [0.2, 0.25) is 0 Å². The fraction of sp³-hybridized carbons (Fsp3) is 0.333. The van der Waals surface area contributed by atoms with Gasteiger partial charge in [0.2, 0.25) is 0 Å². The van der Waals surface area contributed by atoms with Crippen LogP contribution in [0.25, 0.3) is 11.0 Å². The second-order valence-corrected chi connectivity index (χ2v) is 5.98. The third-order valence-electron chi connectivity index (χ3n) is 3.93. The Bertz CT molecular complexity index is 855. The summed E-state index contributed by atoms with van der Waals surface area (Å²) < 4.78 is 1.86. The lowest BCUT2D eigenvalue weighted by Gasteiger charge is -2.26. The highest BCUT2D eigenvalue weighted by atomic mass is 16.2. The molecule has 0 fully saturated rings. The maximum atomic E-state index is 12.9. The van der Waals surface area contributed by atoms with Crippen molar-refractivity contribution in [1.82, 2.24) is 24.6 Å². The van der Waals surface area contributed by atoms with Gasteiger partial charge in [0.1, 0.15) is 5.69 Å². The Morgan fingerprint density at radius 3 is 2.83 bits per heavy atom. The average molecular weight is 323 g/mol. The molecule has 0 aromatic carbocycles. The molecule has 0 aliphatic rings. The van der Waals surface area contributed by atoms with Crippen molar-refractivity contribution in [2.45, 2.75) is 39.9 Å². The molecule has 0 saturated heterocycles. The van der Waals surface area contributed by atoms with Gasteiger partial charge in [-0.05, 0) is 45.0 Å². The van der Waals surface area contributed by atoms with Crippen LogP contribution in [-0.4, -0.2) is 36.6 Å². The fourth-order valence-corrected chi connectivity index (χ4v) is 2.57. The summed E-state index contributed by atoms with van der Waals surface area (Å²) in [5.41, 5.74) is 2.02. The largest absolute Gasteiger partial charge is 0.330 e. The summed E-state index contributed by atoms with van der Waals surface area (Å²) in [4.78, 5) is 23.4. The highest BCUT2D eigenvalue weighted by Crippen LogP contribution is 2.15. The van der Waals surface area contributed by atoms with E-state index in [0.29, 0.717) is 17.9 Å². The van der Waals surface area contributed by atoms with E-state index in [9.17, 15) is 4.79 Å². The van der Waals surface area contributed by atoms with E-state index in [1.54, 1.807) is 17.2 Å². The van der Waals surface area contributed by atoms with E-state index in [1.807, 2.05) is 56.0 Å². The van der Waals surface area contributed by atoms with Crippen LogP contribution >= 0.6 is 0 Å². The second-order valence-electron chi connectivity index (χ2n) is 5.98. The first-order valence-electron chi connectivity index (χ1n) is 8.12. The summed E-state index contributed by atoms with van der Waals surface area (Å²) in [6.07, 6.45) is 5.46. The van der Waals surface area contributed by atoms with Crippen LogP contribution in [0.15, 0.2) is 42.9 Å². The molecule has 0 radical (unpaired) electrons. The Morgan fingerprint density at radius 2 is 2.12 bits per heavy atom. The van der Waals surface area contributed by atoms with Gasteiger partial charge >= 0.3 is 0 Å². The Morgan fingerprint density at radius 1 is 1.29 bits per heavy atom. The van der Waals surface area contributed by atoms with Crippen LogP contribution in [0.5, 0.6) is 0 Å².